The maximum Gasteiger partial charge on any atom is 0.416 e. The van der Waals surface area contributed by atoms with Crippen LogP contribution in [0.1, 0.15) is 5.56 Å². The van der Waals surface area contributed by atoms with E-state index in [4.69, 9.17) is 17.4 Å². The normalized spacial score (nSPS) is 11.5. The number of carbonyl (C=O) groups excluding carboxylic acids is 1. The highest BCUT2D eigenvalue weighted by atomic mass is 35.5. The lowest BCUT2D eigenvalue weighted by molar-refractivity contribution is -0.137. The summed E-state index contributed by atoms with van der Waals surface area (Å²) in [7, 11) is 0. The van der Waals surface area contributed by atoms with Crippen LogP contribution in [0.15, 0.2) is 59.8 Å². The van der Waals surface area contributed by atoms with Gasteiger partial charge in [-0.15, -0.1) is 10.2 Å². The second kappa shape index (κ2) is 9.16. The monoisotopic (exact) mass is 493 g/mol. The predicted octanol–water partition coefficient (Wildman–Crippen LogP) is 4.45. The van der Waals surface area contributed by atoms with Crippen molar-refractivity contribution in [2.24, 2.45) is 0 Å². The van der Waals surface area contributed by atoms with Crippen molar-refractivity contribution in [2.75, 3.05) is 16.9 Å². The molecule has 8 nitrogen and oxygen atoms in total. The Labute approximate surface area is 194 Å². The van der Waals surface area contributed by atoms with Crippen LogP contribution >= 0.6 is 23.4 Å². The van der Waals surface area contributed by atoms with Crippen LogP contribution in [-0.2, 0) is 11.0 Å². The van der Waals surface area contributed by atoms with Crippen molar-refractivity contribution >= 4 is 35.0 Å². The van der Waals surface area contributed by atoms with E-state index in [-0.39, 0.29) is 21.6 Å². The number of nitrogen functional groups attached to an aromatic ring is 1. The number of amides is 1. The fraction of sp³-hybridized carbons (Fsp3) is 0.100. The quantitative estimate of drug-likeness (QED) is 0.270. The third-order valence-electron chi connectivity index (χ3n) is 4.45. The molecule has 33 heavy (non-hydrogen) atoms. The van der Waals surface area contributed by atoms with Crippen LogP contribution in [0.3, 0.4) is 0 Å². The van der Waals surface area contributed by atoms with Crippen LogP contribution in [-0.4, -0.2) is 36.7 Å². The molecular weight excluding hydrogens is 479 g/mol. The number of hydrogen-bond donors (Lipinski definition) is 3. The van der Waals surface area contributed by atoms with Gasteiger partial charge in [-0.05, 0) is 24.3 Å². The van der Waals surface area contributed by atoms with Crippen molar-refractivity contribution in [1.82, 2.24) is 25.1 Å². The molecule has 4 rings (SSSR count). The Kier molecular flexibility index (Phi) is 6.29. The Balaban J connectivity index is 1.42. The molecular formula is C20H15ClF3N7OS. The lowest BCUT2D eigenvalue weighted by Gasteiger charge is -2.11. The first-order chi connectivity index (χ1) is 15.7. The van der Waals surface area contributed by atoms with Crippen molar-refractivity contribution in [2.45, 2.75) is 11.3 Å². The van der Waals surface area contributed by atoms with Crippen molar-refractivity contribution in [3.63, 3.8) is 0 Å². The lowest BCUT2D eigenvalue weighted by Crippen LogP contribution is -2.17. The van der Waals surface area contributed by atoms with Crippen molar-refractivity contribution < 1.29 is 18.0 Å². The van der Waals surface area contributed by atoms with Gasteiger partial charge in [-0.2, -0.15) is 18.3 Å². The molecule has 0 bridgehead atoms. The second-order valence-electron chi connectivity index (χ2n) is 6.74. The molecule has 1 amide bonds. The number of hydrogen-bond acceptors (Lipinski definition) is 6. The number of thioether (sulfide) groups is 1. The summed E-state index contributed by atoms with van der Waals surface area (Å²) in [6.07, 6.45) is -4.56. The molecule has 4 aromatic rings. The summed E-state index contributed by atoms with van der Waals surface area (Å²) in [4.78, 5) is 12.3. The number of benzene rings is 2. The highest BCUT2D eigenvalue weighted by Gasteiger charge is 2.31. The summed E-state index contributed by atoms with van der Waals surface area (Å²) < 4.78 is 39.9. The van der Waals surface area contributed by atoms with Crippen LogP contribution in [0.2, 0.25) is 5.02 Å². The molecule has 0 aliphatic heterocycles. The average Bonchev–Trinajstić information content (AvgIpc) is 3.40. The first-order valence-corrected chi connectivity index (χ1v) is 10.7. The van der Waals surface area contributed by atoms with E-state index in [1.807, 2.05) is 30.3 Å². The second-order valence-corrected chi connectivity index (χ2v) is 8.09. The molecule has 13 heteroatoms. The first-order valence-electron chi connectivity index (χ1n) is 9.33. The number of anilines is 1. The van der Waals surface area contributed by atoms with Crippen LogP contribution in [0, 0.1) is 0 Å². The van der Waals surface area contributed by atoms with Gasteiger partial charge in [-0.1, -0.05) is 53.7 Å². The van der Waals surface area contributed by atoms with Gasteiger partial charge in [-0.25, -0.2) is 4.68 Å². The standard InChI is InChI=1S/C20H15ClF3N7OS/c21-13-7-6-12(20(22,23)24)8-15(13)26-17(32)10-33-19-30-29-18(31(19)25)16-9-14(27-28-16)11-4-2-1-3-5-11/h1-9H,10,25H2,(H,26,32)(H,27,28). The number of nitrogens with two attached hydrogens (primary N) is 1. The van der Waals surface area contributed by atoms with E-state index < -0.39 is 17.6 Å². The number of aromatic nitrogens is 5. The number of nitrogens with one attached hydrogen (secondary N) is 2. The van der Waals surface area contributed by atoms with Crippen LogP contribution < -0.4 is 11.2 Å². The third-order valence-corrected chi connectivity index (χ3v) is 5.73. The minimum absolute atomic E-state index is 0.0147. The zero-order chi connectivity index (χ0) is 23.6. The van der Waals surface area contributed by atoms with Gasteiger partial charge in [0.2, 0.25) is 16.9 Å². The molecule has 2 aromatic heterocycles. The van der Waals surface area contributed by atoms with Gasteiger partial charge >= 0.3 is 6.18 Å². The van der Waals surface area contributed by atoms with Crippen molar-refractivity contribution in [1.29, 1.82) is 0 Å². The molecule has 0 spiro atoms. The molecule has 2 aromatic carbocycles. The number of aromatic amines is 1. The lowest BCUT2D eigenvalue weighted by atomic mass is 10.1. The molecule has 0 atom stereocenters. The van der Waals surface area contributed by atoms with E-state index in [1.165, 1.54) is 4.68 Å². The van der Waals surface area contributed by atoms with Crippen LogP contribution in [0.4, 0.5) is 18.9 Å². The Hall–Kier alpha value is -3.51. The fourth-order valence-corrected chi connectivity index (χ4v) is 3.69. The van der Waals surface area contributed by atoms with Gasteiger partial charge in [0, 0.05) is 5.56 Å². The minimum Gasteiger partial charge on any atom is -0.335 e. The van der Waals surface area contributed by atoms with Gasteiger partial charge < -0.3 is 11.2 Å². The molecule has 4 N–H and O–H groups in total. The van der Waals surface area contributed by atoms with Crippen LogP contribution in [0.25, 0.3) is 22.8 Å². The van der Waals surface area contributed by atoms with Crippen LogP contribution in [0.5, 0.6) is 0 Å². The number of halogens is 4. The largest absolute Gasteiger partial charge is 0.416 e. The van der Waals surface area contributed by atoms with E-state index in [0.717, 1.165) is 35.5 Å². The van der Waals surface area contributed by atoms with Gasteiger partial charge in [0.1, 0.15) is 5.69 Å². The Bertz CT molecular complexity index is 1290. The maximum absolute atomic E-state index is 12.9. The Morgan fingerprint density at radius 2 is 1.91 bits per heavy atom. The molecule has 0 fully saturated rings. The molecule has 0 radical (unpaired) electrons. The SMILES string of the molecule is Nn1c(SCC(=O)Nc2cc(C(F)(F)F)ccc2Cl)nnc1-c1cc(-c2ccccc2)n[nH]1. The summed E-state index contributed by atoms with van der Waals surface area (Å²) in [6, 6.07) is 13.9. The van der Waals surface area contributed by atoms with Crippen molar-refractivity contribution in [3.8, 4) is 22.8 Å². The third kappa shape index (κ3) is 5.12. The van der Waals surface area contributed by atoms with Crippen molar-refractivity contribution in [3.05, 3.63) is 65.2 Å². The molecule has 0 saturated carbocycles. The Morgan fingerprint density at radius 1 is 1.15 bits per heavy atom. The topological polar surface area (TPSA) is 115 Å². The number of alkyl halides is 3. The first kappa shape index (κ1) is 22.7. The smallest absolute Gasteiger partial charge is 0.335 e. The van der Waals surface area contributed by atoms with E-state index in [1.54, 1.807) is 6.07 Å². The molecule has 0 unspecified atom stereocenters. The van der Waals surface area contributed by atoms with Gasteiger partial charge in [0.05, 0.1) is 27.7 Å². The number of rotatable bonds is 6. The molecule has 170 valence electrons. The molecule has 0 aliphatic rings. The minimum atomic E-state index is -4.56. The molecule has 0 aliphatic carbocycles. The van der Waals surface area contributed by atoms with Gasteiger partial charge in [-0.3, -0.25) is 9.89 Å². The van der Waals surface area contributed by atoms with E-state index in [2.05, 4.69) is 25.7 Å². The summed E-state index contributed by atoms with van der Waals surface area (Å²) in [5.41, 5.74) is 1.06. The highest BCUT2D eigenvalue weighted by molar-refractivity contribution is 7.99. The average molecular weight is 494 g/mol. The maximum atomic E-state index is 12.9. The molecule has 0 saturated heterocycles. The number of H-pyrrole nitrogens is 1. The summed E-state index contributed by atoms with van der Waals surface area (Å²) in [5, 5.41) is 17.7. The van der Waals surface area contributed by atoms with E-state index in [0.29, 0.717) is 17.2 Å². The van der Waals surface area contributed by atoms with E-state index >= 15 is 0 Å². The fourth-order valence-electron chi connectivity index (χ4n) is 2.87. The zero-order valence-corrected chi connectivity index (χ0v) is 18.2. The summed E-state index contributed by atoms with van der Waals surface area (Å²) in [6.45, 7) is 0. The number of nitrogens with zero attached hydrogens (tertiary/aromatic N) is 4. The summed E-state index contributed by atoms with van der Waals surface area (Å²) in [5.74, 6) is 5.59. The predicted molar refractivity (Wildman–Crippen MR) is 119 cm³/mol. The Morgan fingerprint density at radius 3 is 2.64 bits per heavy atom. The molecule has 2 heterocycles. The zero-order valence-electron chi connectivity index (χ0n) is 16.6. The van der Waals surface area contributed by atoms with E-state index in [9.17, 15) is 18.0 Å². The summed E-state index contributed by atoms with van der Waals surface area (Å²) >= 11 is 6.87. The highest BCUT2D eigenvalue weighted by Crippen LogP contribution is 2.34. The van der Waals surface area contributed by atoms with Gasteiger partial charge in [0.15, 0.2) is 0 Å². The van der Waals surface area contributed by atoms with Gasteiger partial charge in [0.25, 0.3) is 0 Å². The number of carbonyl (C=O) groups is 1.